The van der Waals surface area contributed by atoms with Gasteiger partial charge in [-0.05, 0) is 421 Å². The molecule has 108 heavy (non-hydrogen) atoms. The molecule has 1 N–H and O–H groups in total. The summed E-state index contributed by atoms with van der Waals surface area (Å²) in [6, 6.07) is 24.2. The molecule has 0 spiro atoms. The molecule has 0 aromatic heterocycles. The van der Waals surface area contributed by atoms with E-state index >= 15 is 0 Å². The Bertz CT molecular complexity index is 5080. The summed E-state index contributed by atoms with van der Waals surface area (Å²) >= 11 is 2.50. The molecular formula is C91H91F2K3N7O4P. The monoisotopic (exact) mass is 1530 g/mol. The fourth-order valence-corrected chi connectivity index (χ4v) is 16.1. The van der Waals surface area contributed by atoms with Crippen molar-refractivity contribution in [3.63, 3.8) is 0 Å². The second kappa shape index (κ2) is 36.0. The molecule has 0 radical (unpaired) electrons. The number of anilines is 8. The van der Waals surface area contributed by atoms with E-state index in [1.165, 1.54) is 276 Å². The van der Waals surface area contributed by atoms with Gasteiger partial charge >= 0.3 is 123 Å². The average Bonchev–Trinajstić information content (AvgIpc) is 0.722. The fraction of sp³-hybridized carbons (Fsp3) is 0.297. The number of hydrogen-bond donors (Lipinski definition) is 1. The van der Waals surface area contributed by atoms with E-state index in [4.69, 9.17) is 33.1 Å². The Labute approximate surface area is 727 Å². The molecule has 0 saturated heterocycles. The average molecular weight is 1530 g/mol. The van der Waals surface area contributed by atoms with Gasteiger partial charge in [0, 0.05) is 42.0 Å². The Morgan fingerprint density at radius 1 is 0.398 bits per heavy atom. The summed E-state index contributed by atoms with van der Waals surface area (Å²) in [4.78, 5) is 21.2. The SMILES string of the molecule is Cc1c(C)c(C)c2c(c1C)Cc1c(C)c(C)c(C)c(C)c1N2.O=[P+]([O-])O[O-].[C-]#[N+]c1ccc(F)cc1-c1cc(F)ccc1C#N.[C-]#[N+]c1ccc(N2c3c(C)c(C)c(C)c(C)c3Cc3c(C)c(C)c(C)c(C)c32)cc1-c1cc(N2c3c(C)c(C)c(C)c(C)c3Cc3c(C)c(C)c(C)c(C)c32)ccc1C#N.[K+].[K][K]. The number of halogens is 2. The van der Waals surface area contributed by atoms with Crippen LogP contribution in [0.15, 0.2) is 72.8 Å². The number of rotatable bonds is 5. The summed E-state index contributed by atoms with van der Waals surface area (Å²) < 4.78 is 37.8. The molecule has 10 aromatic rings. The van der Waals surface area contributed by atoms with Crippen molar-refractivity contribution < 1.29 is 79.6 Å². The van der Waals surface area contributed by atoms with E-state index in [1.54, 1.807) is 0 Å². The first-order chi connectivity index (χ1) is 50.5. The molecule has 0 bridgehead atoms. The molecule has 3 aliphatic rings. The van der Waals surface area contributed by atoms with Gasteiger partial charge in [-0.1, -0.05) is 12.1 Å². The molecule has 3 aliphatic heterocycles. The minimum atomic E-state index is -3.15. The van der Waals surface area contributed by atoms with Gasteiger partial charge in [0.25, 0.3) is 0 Å². The van der Waals surface area contributed by atoms with E-state index in [2.05, 4.69) is 226 Å². The van der Waals surface area contributed by atoms with Crippen LogP contribution in [0.4, 0.5) is 65.7 Å². The van der Waals surface area contributed by atoms with Crippen molar-refractivity contribution in [3.8, 4) is 34.4 Å². The fourth-order valence-electron chi connectivity index (χ4n) is 16.1. The van der Waals surface area contributed by atoms with Gasteiger partial charge in [0.05, 0.1) is 59.2 Å². The molecule has 0 amide bonds. The zero-order valence-electron chi connectivity index (χ0n) is 68.1. The quantitative estimate of drug-likeness (QED) is 0.0585. The molecule has 3 heterocycles. The third kappa shape index (κ3) is 16.0. The van der Waals surface area contributed by atoms with Gasteiger partial charge in [-0.15, -0.1) is 0 Å². The van der Waals surface area contributed by atoms with Crippen molar-refractivity contribution in [1.82, 2.24) is 0 Å². The van der Waals surface area contributed by atoms with Crippen LogP contribution in [0.2, 0.25) is 0 Å². The third-order valence-electron chi connectivity index (χ3n) is 24.5. The predicted octanol–water partition coefficient (Wildman–Crippen LogP) is 19.9. The van der Waals surface area contributed by atoms with Crippen LogP contribution in [-0.2, 0) is 28.5 Å². The van der Waals surface area contributed by atoms with Gasteiger partial charge in [-0.3, -0.25) is 0 Å². The van der Waals surface area contributed by atoms with E-state index < -0.39 is 19.9 Å². The van der Waals surface area contributed by atoms with Crippen molar-refractivity contribution in [2.24, 2.45) is 0 Å². The van der Waals surface area contributed by atoms with Gasteiger partial charge in [0.15, 0.2) is 11.4 Å². The van der Waals surface area contributed by atoms with Crippen LogP contribution in [0.1, 0.15) is 178 Å². The Balaban J connectivity index is 0.000000247. The zero-order valence-corrected chi connectivity index (χ0v) is 78.3. The molecule has 13 rings (SSSR count). The molecule has 17 heteroatoms. The van der Waals surface area contributed by atoms with E-state index in [0.717, 1.165) is 66.0 Å². The first kappa shape index (κ1) is 87.9. The second-order valence-corrected chi connectivity index (χ2v) is 29.5. The van der Waals surface area contributed by atoms with Crippen LogP contribution >= 0.6 is 8.25 Å². The maximum atomic E-state index is 13.2. The molecule has 11 nitrogen and oxygen atoms in total. The third-order valence-corrected chi connectivity index (χ3v) is 24.6. The van der Waals surface area contributed by atoms with Crippen molar-refractivity contribution in [2.45, 2.75) is 185 Å². The normalized spacial score (nSPS) is 11.9. The van der Waals surface area contributed by atoms with Crippen LogP contribution in [0, 0.1) is 214 Å². The Hall–Kier alpha value is -5.69. The molecule has 10 aromatic carbocycles. The Morgan fingerprint density at radius 2 is 0.639 bits per heavy atom. The number of nitriles is 2. The standard InChI is InChI=1S/C56H58N4.C21H27N.C14H6F2N2.3K.HO4P/c1-27-31(5)39(13)53-46(35(27)9)24-47-36(10)28(2)32(6)40(14)54(47)59(53)44-19-18-43(26-57)50(22-44)51-23-45(20-21-52(51)58-17)60-55-41(15)33(7)29(3)37(11)48(55)25-49-38(12)30(4)34(8)42(16)56(49)60;1-10-12(3)16(7)20-18(14(10)5)9-19-15(6)11(2)13(4)17(8)21(19)22-20;1-18-14-5-4-11(16)7-13(14)12-6-10(15)3-2-9(12)8-17;;;;1-4-5(2)3/h18-23H,24-25H2,1-16H3;22H,9H2,1-8H3;2-7H;;;;1H/q;;;;;+1;/p-1. The number of nitrogens with one attached hydrogen (secondary N) is 1. The molecule has 0 fully saturated rings. The molecule has 0 saturated carbocycles. The number of nitrogens with zero attached hydrogens (tertiary/aromatic N) is 6. The van der Waals surface area contributed by atoms with Gasteiger partial charge < -0.3 is 25.3 Å². The summed E-state index contributed by atoms with van der Waals surface area (Å²) in [7, 11) is -3.15. The topological polar surface area (TPSA) is 147 Å². The van der Waals surface area contributed by atoms with Crippen molar-refractivity contribution in [1.29, 1.82) is 10.5 Å². The van der Waals surface area contributed by atoms with Crippen LogP contribution < -0.4 is 76.7 Å². The Morgan fingerprint density at radius 3 is 0.963 bits per heavy atom. The predicted molar refractivity (Wildman–Crippen MR) is 433 cm³/mol. The second-order valence-electron chi connectivity index (χ2n) is 28.9. The van der Waals surface area contributed by atoms with Crippen molar-refractivity contribution >= 4 is 128 Å². The van der Waals surface area contributed by atoms with Crippen LogP contribution in [0.3, 0.4) is 0 Å². The van der Waals surface area contributed by atoms with Crippen LogP contribution in [0.5, 0.6) is 0 Å². The van der Waals surface area contributed by atoms with Gasteiger partial charge in [-0.25, -0.2) is 23.1 Å². The van der Waals surface area contributed by atoms with Crippen molar-refractivity contribution in [2.75, 3.05) is 15.1 Å². The number of fused-ring (bicyclic) bond motifs is 6. The summed E-state index contributed by atoms with van der Waals surface area (Å²) in [5.74, 6) is -1.07. The summed E-state index contributed by atoms with van der Waals surface area (Å²) in [6.45, 7) is 69.7. The van der Waals surface area contributed by atoms with E-state index in [1.807, 2.05) is 18.2 Å². The van der Waals surface area contributed by atoms with Gasteiger partial charge in [-0.2, -0.15) is 10.5 Å². The number of hydrogen-bond acceptors (Lipinski definition) is 9. The zero-order chi connectivity index (χ0) is 79.3. The molecular weight excluding hydrogens is 1440 g/mol. The Kier molecular flexibility index (Phi) is 29.3. The minimum absolute atomic E-state index is 0. The first-order valence-corrected chi connectivity index (χ1v) is 53.4. The van der Waals surface area contributed by atoms with Gasteiger partial charge in [0.2, 0.25) is 0 Å². The summed E-state index contributed by atoms with van der Waals surface area (Å²) in [6.07, 6.45) is 2.81. The van der Waals surface area contributed by atoms with Crippen molar-refractivity contribution in [3.05, 3.63) is 285 Å². The van der Waals surface area contributed by atoms with Crippen LogP contribution in [-0.4, -0.2) is 63.2 Å². The summed E-state index contributed by atoms with van der Waals surface area (Å²) in [5, 5.41) is 32.1. The van der Waals surface area contributed by atoms with Crippen LogP contribution in [0.25, 0.3) is 31.9 Å². The molecule has 1 unspecified atom stereocenters. The van der Waals surface area contributed by atoms with E-state index in [9.17, 15) is 14.0 Å². The van der Waals surface area contributed by atoms with E-state index in [-0.39, 0.29) is 73.8 Å². The molecule has 1 atom stereocenters. The van der Waals surface area contributed by atoms with Gasteiger partial charge in [0.1, 0.15) is 11.6 Å². The maximum absolute atomic E-state index is 13.2. The molecule has 0 aliphatic carbocycles. The molecule has 536 valence electrons. The summed E-state index contributed by atoms with van der Waals surface area (Å²) in [5.41, 5.74) is 54.0. The first-order valence-electron chi connectivity index (χ1n) is 36.3. The van der Waals surface area contributed by atoms with E-state index in [0.29, 0.717) is 11.3 Å². The number of benzene rings is 10.